The Morgan fingerprint density at radius 3 is 2.54 bits per heavy atom. The lowest BCUT2D eigenvalue weighted by molar-refractivity contribution is -0.118. The smallest absolute Gasteiger partial charge is 0.230 e. The van der Waals surface area contributed by atoms with E-state index < -0.39 is 0 Å². The van der Waals surface area contributed by atoms with E-state index in [-0.39, 0.29) is 5.91 Å². The van der Waals surface area contributed by atoms with Gasteiger partial charge in [-0.25, -0.2) is 0 Å². The van der Waals surface area contributed by atoms with Crippen molar-refractivity contribution in [1.82, 2.24) is 10.2 Å². The molecule has 0 aromatic heterocycles. The maximum absolute atomic E-state index is 12.0. The Morgan fingerprint density at radius 1 is 1.19 bits per heavy atom. The van der Waals surface area contributed by atoms with E-state index in [0.29, 0.717) is 17.3 Å². The third-order valence-corrected chi connectivity index (χ3v) is 5.64. The summed E-state index contributed by atoms with van der Waals surface area (Å²) in [7, 11) is 3.23. The van der Waals surface area contributed by atoms with Gasteiger partial charge in [0.1, 0.15) is 0 Å². The topological polar surface area (TPSA) is 50.8 Å². The van der Waals surface area contributed by atoms with Crippen LogP contribution in [0.5, 0.6) is 11.5 Å². The molecule has 1 aliphatic rings. The number of rotatable bonds is 9. The summed E-state index contributed by atoms with van der Waals surface area (Å²) in [5.41, 5.74) is 0. The van der Waals surface area contributed by atoms with E-state index in [2.05, 4.69) is 24.1 Å². The number of ether oxygens (including phenoxy) is 2. The predicted molar refractivity (Wildman–Crippen MR) is 107 cm³/mol. The van der Waals surface area contributed by atoms with Gasteiger partial charge in [0.15, 0.2) is 11.5 Å². The average molecular weight is 381 g/mol. The van der Waals surface area contributed by atoms with Gasteiger partial charge in [0.25, 0.3) is 0 Å². The van der Waals surface area contributed by atoms with Crippen LogP contribution in [0.4, 0.5) is 0 Å². The van der Waals surface area contributed by atoms with Crippen LogP contribution in [-0.2, 0) is 4.79 Å². The Balaban J connectivity index is 1.65. The summed E-state index contributed by atoms with van der Waals surface area (Å²) in [6.07, 6.45) is 2.34. The normalized spacial score (nSPS) is 20.6. The van der Waals surface area contributed by atoms with Crippen LogP contribution in [0, 0.1) is 11.8 Å². The van der Waals surface area contributed by atoms with Gasteiger partial charge in [-0.3, -0.25) is 4.79 Å². The molecule has 1 heterocycles. The average Bonchev–Trinajstić information content (AvgIpc) is 2.62. The quantitative estimate of drug-likeness (QED) is 0.526. The van der Waals surface area contributed by atoms with E-state index >= 15 is 0 Å². The first-order chi connectivity index (χ1) is 12.5. The van der Waals surface area contributed by atoms with Crippen molar-refractivity contribution in [2.45, 2.75) is 31.6 Å². The number of carbonyl (C=O) groups excluding carboxylic acids is 1. The van der Waals surface area contributed by atoms with Gasteiger partial charge >= 0.3 is 0 Å². The number of carbonyl (C=O) groups is 1. The molecule has 0 saturated carbocycles. The zero-order valence-electron chi connectivity index (χ0n) is 16.4. The number of likely N-dealkylation sites (tertiary alicyclic amines) is 1. The summed E-state index contributed by atoms with van der Waals surface area (Å²) in [5, 5.41) is 3.02. The SMILES string of the molecule is COc1ccc(SCC(=O)NCCCN2C[C@H](C)C[C@H](C)C2)cc1OC. The van der Waals surface area contributed by atoms with Gasteiger partial charge < -0.3 is 19.7 Å². The van der Waals surface area contributed by atoms with E-state index in [4.69, 9.17) is 9.47 Å². The van der Waals surface area contributed by atoms with Crippen LogP contribution in [0.2, 0.25) is 0 Å². The molecule has 1 saturated heterocycles. The molecule has 0 aliphatic carbocycles. The molecule has 1 fully saturated rings. The second kappa shape index (κ2) is 10.7. The van der Waals surface area contributed by atoms with Gasteiger partial charge in [0.2, 0.25) is 5.91 Å². The molecule has 2 rings (SSSR count). The monoisotopic (exact) mass is 380 g/mol. The Hall–Kier alpha value is -1.40. The van der Waals surface area contributed by atoms with Crippen LogP contribution in [0.3, 0.4) is 0 Å². The Bertz CT molecular complexity index is 572. The largest absolute Gasteiger partial charge is 0.493 e. The van der Waals surface area contributed by atoms with Crippen molar-refractivity contribution in [1.29, 1.82) is 0 Å². The number of hydrogen-bond donors (Lipinski definition) is 1. The fourth-order valence-corrected chi connectivity index (χ4v) is 4.37. The number of thioether (sulfide) groups is 1. The van der Waals surface area contributed by atoms with E-state index in [1.165, 1.54) is 31.3 Å². The summed E-state index contributed by atoms with van der Waals surface area (Å²) >= 11 is 1.51. The van der Waals surface area contributed by atoms with Crippen LogP contribution in [0.1, 0.15) is 26.7 Å². The van der Waals surface area contributed by atoms with Gasteiger partial charge in [-0.2, -0.15) is 0 Å². The molecule has 5 nitrogen and oxygen atoms in total. The lowest BCUT2D eigenvalue weighted by Crippen LogP contribution is -2.40. The summed E-state index contributed by atoms with van der Waals surface area (Å²) in [6.45, 7) is 8.84. The van der Waals surface area contributed by atoms with Gasteiger partial charge in [-0.15, -0.1) is 11.8 Å². The van der Waals surface area contributed by atoms with Crippen molar-refractivity contribution >= 4 is 17.7 Å². The highest BCUT2D eigenvalue weighted by Gasteiger charge is 2.21. The summed E-state index contributed by atoms with van der Waals surface area (Å²) in [5.74, 6) is 3.43. The molecule has 1 amide bonds. The minimum Gasteiger partial charge on any atom is -0.493 e. The molecular weight excluding hydrogens is 348 g/mol. The van der Waals surface area contributed by atoms with Crippen molar-refractivity contribution in [2.24, 2.45) is 11.8 Å². The molecule has 26 heavy (non-hydrogen) atoms. The minimum absolute atomic E-state index is 0.0742. The highest BCUT2D eigenvalue weighted by atomic mass is 32.2. The Labute approximate surface area is 161 Å². The van der Waals surface area contributed by atoms with Crippen molar-refractivity contribution in [2.75, 3.05) is 46.2 Å². The van der Waals surface area contributed by atoms with Crippen LogP contribution >= 0.6 is 11.8 Å². The summed E-state index contributed by atoms with van der Waals surface area (Å²) in [6, 6.07) is 5.70. The third-order valence-electron chi connectivity index (χ3n) is 4.64. The maximum Gasteiger partial charge on any atom is 0.230 e. The van der Waals surface area contributed by atoms with Crippen LogP contribution in [0.25, 0.3) is 0 Å². The Kier molecular flexibility index (Phi) is 8.59. The zero-order chi connectivity index (χ0) is 18.9. The number of methoxy groups -OCH3 is 2. The van der Waals surface area contributed by atoms with Gasteiger partial charge in [0.05, 0.1) is 20.0 Å². The summed E-state index contributed by atoms with van der Waals surface area (Å²) < 4.78 is 10.5. The molecule has 146 valence electrons. The number of amides is 1. The molecule has 1 aliphatic heterocycles. The van der Waals surface area contributed by atoms with Gasteiger partial charge in [-0.1, -0.05) is 13.8 Å². The number of piperidine rings is 1. The zero-order valence-corrected chi connectivity index (χ0v) is 17.2. The predicted octanol–water partition coefficient (Wildman–Crippen LogP) is 3.28. The highest BCUT2D eigenvalue weighted by molar-refractivity contribution is 8.00. The molecule has 0 radical (unpaired) electrons. The van der Waals surface area contributed by atoms with Crippen molar-refractivity contribution < 1.29 is 14.3 Å². The van der Waals surface area contributed by atoms with Gasteiger partial charge in [0, 0.05) is 24.5 Å². The molecule has 0 spiro atoms. The van der Waals surface area contributed by atoms with E-state index in [1.807, 2.05) is 18.2 Å². The minimum atomic E-state index is 0.0742. The first-order valence-corrected chi connectivity index (χ1v) is 10.3. The standard InChI is InChI=1S/C20H32N2O3S/c1-15-10-16(2)13-22(12-15)9-5-8-21-20(23)14-26-17-6-7-18(24-3)19(11-17)25-4/h6-7,11,15-16H,5,8-10,12-14H2,1-4H3,(H,21,23)/t15-,16+. The van der Waals surface area contributed by atoms with E-state index in [9.17, 15) is 4.79 Å². The van der Waals surface area contributed by atoms with Gasteiger partial charge in [-0.05, 0) is 49.4 Å². The fourth-order valence-electron chi connectivity index (χ4n) is 3.61. The van der Waals surface area contributed by atoms with Crippen LogP contribution in [0.15, 0.2) is 23.1 Å². The summed E-state index contributed by atoms with van der Waals surface area (Å²) in [4.78, 5) is 15.6. The third kappa shape index (κ3) is 6.72. The van der Waals surface area contributed by atoms with E-state index in [1.54, 1.807) is 14.2 Å². The maximum atomic E-state index is 12.0. The van der Waals surface area contributed by atoms with Crippen LogP contribution in [-0.4, -0.2) is 57.0 Å². The lowest BCUT2D eigenvalue weighted by Gasteiger charge is -2.34. The second-order valence-corrected chi connectivity index (χ2v) is 8.26. The number of nitrogens with zero attached hydrogens (tertiary/aromatic N) is 1. The van der Waals surface area contributed by atoms with Crippen molar-refractivity contribution in [3.8, 4) is 11.5 Å². The second-order valence-electron chi connectivity index (χ2n) is 7.21. The first kappa shape index (κ1) is 20.9. The number of nitrogens with one attached hydrogen (secondary N) is 1. The molecule has 1 aromatic rings. The fraction of sp³-hybridized carbons (Fsp3) is 0.650. The lowest BCUT2D eigenvalue weighted by atomic mass is 9.92. The number of hydrogen-bond acceptors (Lipinski definition) is 5. The molecule has 0 unspecified atom stereocenters. The highest BCUT2D eigenvalue weighted by Crippen LogP contribution is 2.31. The van der Waals surface area contributed by atoms with Crippen molar-refractivity contribution in [3.05, 3.63) is 18.2 Å². The molecular formula is C20H32N2O3S. The van der Waals surface area contributed by atoms with Crippen molar-refractivity contribution in [3.63, 3.8) is 0 Å². The first-order valence-electron chi connectivity index (χ1n) is 9.35. The van der Waals surface area contributed by atoms with Crippen LogP contribution < -0.4 is 14.8 Å². The van der Waals surface area contributed by atoms with E-state index in [0.717, 1.165) is 36.2 Å². The molecule has 0 bridgehead atoms. The molecule has 1 N–H and O–H groups in total. The molecule has 1 aromatic carbocycles. The Morgan fingerprint density at radius 2 is 1.88 bits per heavy atom. The molecule has 6 heteroatoms. The number of benzene rings is 1. The molecule has 2 atom stereocenters.